The molecule has 0 aromatic carbocycles. The van der Waals surface area contributed by atoms with E-state index >= 15 is 0 Å². The number of aliphatic hydroxyl groups excluding tert-OH is 1. The van der Waals surface area contributed by atoms with Gasteiger partial charge in [-0.25, -0.2) is 0 Å². The van der Waals surface area contributed by atoms with Crippen molar-refractivity contribution in [3.05, 3.63) is 22.4 Å². The molecule has 0 amide bonds. The molecule has 2 atom stereocenters. The van der Waals surface area contributed by atoms with Gasteiger partial charge in [0.25, 0.3) is 0 Å². The van der Waals surface area contributed by atoms with Crippen LogP contribution in [0.2, 0.25) is 0 Å². The quantitative estimate of drug-likeness (QED) is 0.768. The van der Waals surface area contributed by atoms with Gasteiger partial charge in [-0.3, -0.25) is 0 Å². The van der Waals surface area contributed by atoms with Crippen molar-refractivity contribution in [3.8, 4) is 0 Å². The van der Waals surface area contributed by atoms with Crippen LogP contribution in [0.25, 0.3) is 0 Å². The van der Waals surface area contributed by atoms with Gasteiger partial charge in [0.1, 0.15) is 0 Å². The van der Waals surface area contributed by atoms with E-state index in [1.165, 1.54) is 4.88 Å². The normalized spacial score (nSPS) is 15.3. The molecule has 0 aliphatic carbocycles. The first-order valence-corrected chi connectivity index (χ1v) is 6.95. The van der Waals surface area contributed by atoms with Crippen LogP contribution < -0.4 is 5.32 Å². The fraction of sp³-hybridized carbons (Fsp3) is 0.692. The second-order valence-corrected chi connectivity index (χ2v) is 5.63. The van der Waals surface area contributed by atoms with E-state index in [4.69, 9.17) is 0 Å². The standard InChI is InChI=1S/C13H23NOS/c1-4-12(13-6-5-7-16-13)14-11(9-15)8-10(2)3/h5-7,10-12,14-15H,4,8-9H2,1-3H3. The molecule has 0 aliphatic rings. The van der Waals surface area contributed by atoms with Crippen LogP contribution in [0.5, 0.6) is 0 Å². The molecule has 92 valence electrons. The fourth-order valence-electron chi connectivity index (χ4n) is 1.94. The Balaban J connectivity index is 2.54. The molecule has 2 N–H and O–H groups in total. The van der Waals surface area contributed by atoms with Crippen molar-refractivity contribution in [1.29, 1.82) is 0 Å². The molecule has 2 unspecified atom stereocenters. The Morgan fingerprint density at radius 1 is 1.44 bits per heavy atom. The average molecular weight is 241 g/mol. The zero-order valence-corrected chi connectivity index (χ0v) is 11.3. The zero-order valence-electron chi connectivity index (χ0n) is 10.4. The third kappa shape index (κ3) is 4.24. The summed E-state index contributed by atoms with van der Waals surface area (Å²) in [5, 5.41) is 15.0. The smallest absolute Gasteiger partial charge is 0.0584 e. The highest BCUT2D eigenvalue weighted by Gasteiger charge is 2.16. The lowest BCUT2D eigenvalue weighted by molar-refractivity contribution is 0.212. The van der Waals surface area contributed by atoms with Crippen LogP contribution in [0.3, 0.4) is 0 Å². The van der Waals surface area contributed by atoms with Gasteiger partial charge in [-0.05, 0) is 30.2 Å². The van der Waals surface area contributed by atoms with E-state index in [0.717, 1.165) is 12.8 Å². The zero-order chi connectivity index (χ0) is 12.0. The maximum absolute atomic E-state index is 9.36. The summed E-state index contributed by atoms with van der Waals surface area (Å²) in [5.41, 5.74) is 0. The largest absolute Gasteiger partial charge is 0.395 e. The molecule has 0 saturated heterocycles. The Bertz CT molecular complexity index is 271. The van der Waals surface area contributed by atoms with Gasteiger partial charge in [0.15, 0.2) is 0 Å². The highest BCUT2D eigenvalue weighted by Crippen LogP contribution is 2.23. The highest BCUT2D eigenvalue weighted by molar-refractivity contribution is 7.10. The SMILES string of the molecule is CCC(NC(CO)CC(C)C)c1cccs1. The van der Waals surface area contributed by atoms with Gasteiger partial charge in [0, 0.05) is 17.0 Å². The van der Waals surface area contributed by atoms with Crippen LogP contribution in [0.4, 0.5) is 0 Å². The Kier molecular flexibility index (Phi) is 6.03. The predicted octanol–water partition coefficient (Wildman–Crippen LogP) is 3.20. The Morgan fingerprint density at radius 3 is 2.62 bits per heavy atom. The van der Waals surface area contributed by atoms with Gasteiger partial charge in [-0.15, -0.1) is 11.3 Å². The lowest BCUT2D eigenvalue weighted by atomic mass is 10.0. The van der Waals surface area contributed by atoms with Crippen LogP contribution in [-0.2, 0) is 0 Å². The number of hydrogen-bond acceptors (Lipinski definition) is 3. The number of nitrogens with one attached hydrogen (secondary N) is 1. The Morgan fingerprint density at radius 2 is 2.19 bits per heavy atom. The Labute approximate surface area is 103 Å². The monoisotopic (exact) mass is 241 g/mol. The highest BCUT2D eigenvalue weighted by atomic mass is 32.1. The van der Waals surface area contributed by atoms with E-state index in [0.29, 0.717) is 12.0 Å². The third-order valence-corrected chi connectivity index (χ3v) is 3.69. The van der Waals surface area contributed by atoms with Crippen molar-refractivity contribution < 1.29 is 5.11 Å². The third-order valence-electron chi connectivity index (χ3n) is 2.71. The van der Waals surface area contributed by atoms with Crippen molar-refractivity contribution in [1.82, 2.24) is 5.32 Å². The molecule has 1 rings (SSSR count). The predicted molar refractivity (Wildman–Crippen MR) is 70.8 cm³/mol. The van der Waals surface area contributed by atoms with E-state index in [1.807, 2.05) is 0 Å². The molecule has 0 saturated carbocycles. The molecule has 1 aromatic heterocycles. The minimum absolute atomic E-state index is 0.215. The number of rotatable bonds is 7. The molecule has 1 aromatic rings. The summed E-state index contributed by atoms with van der Waals surface area (Å²) < 4.78 is 0. The summed E-state index contributed by atoms with van der Waals surface area (Å²) in [5.74, 6) is 0.616. The lowest BCUT2D eigenvalue weighted by Gasteiger charge is -2.24. The van der Waals surface area contributed by atoms with Crippen molar-refractivity contribution >= 4 is 11.3 Å². The van der Waals surface area contributed by atoms with Crippen LogP contribution in [0.15, 0.2) is 17.5 Å². The van der Waals surface area contributed by atoms with E-state index in [2.05, 4.69) is 43.6 Å². The Hall–Kier alpha value is -0.380. The molecule has 0 spiro atoms. The van der Waals surface area contributed by atoms with Gasteiger partial charge in [0.05, 0.1) is 6.61 Å². The number of thiophene rings is 1. The minimum atomic E-state index is 0.215. The molecule has 1 heterocycles. The van der Waals surface area contributed by atoms with Gasteiger partial charge < -0.3 is 10.4 Å². The maximum Gasteiger partial charge on any atom is 0.0584 e. The summed E-state index contributed by atoms with van der Waals surface area (Å²) in [6.45, 7) is 6.79. The molecular weight excluding hydrogens is 218 g/mol. The van der Waals surface area contributed by atoms with E-state index in [1.54, 1.807) is 11.3 Å². The molecule has 0 fully saturated rings. The molecule has 3 heteroatoms. The molecule has 0 aliphatic heterocycles. The molecule has 0 bridgehead atoms. The van der Waals surface area contributed by atoms with Crippen molar-refractivity contribution in [2.45, 2.75) is 45.7 Å². The van der Waals surface area contributed by atoms with E-state index < -0.39 is 0 Å². The first-order chi connectivity index (χ1) is 7.67. The summed E-state index contributed by atoms with van der Waals surface area (Å²) in [4.78, 5) is 1.37. The first kappa shape index (κ1) is 13.7. The summed E-state index contributed by atoms with van der Waals surface area (Å²) >= 11 is 1.78. The molecule has 2 nitrogen and oxygen atoms in total. The van der Waals surface area contributed by atoms with Crippen LogP contribution >= 0.6 is 11.3 Å². The molecule has 16 heavy (non-hydrogen) atoms. The van der Waals surface area contributed by atoms with E-state index in [9.17, 15) is 5.11 Å². The summed E-state index contributed by atoms with van der Waals surface area (Å²) in [6.07, 6.45) is 2.09. The fourth-order valence-corrected chi connectivity index (χ4v) is 2.81. The van der Waals surface area contributed by atoms with Crippen molar-refractivity contribution in [3.63, 3.8) is 0 Å². The van der Waals surface area contributed by atoms with Gasteiger partial charge in [0.2, 0.25) is 0 Å². The molecular formula is C13H23NOS. The maximum atomic E-state index is 9.36. The van der Waals surface area contributed by atoms with Crippen LogP contribution in [0.1, 0.15) is 44.5 Å². The second-order valence-electron chi connectivity index (χ2n) is 4.65. The number of aliphatic hydroxyl groups is 1. The van der Waals surface area contributed by atoms with Gasteiger partial charge in [-0.1, -0.05) is 26.8 Å². The topological polar surface area (TPSA) is 32.3 Å². The second kappa shape index (κ2) is 7.05. The van der Waals surface area contributed by atoms with Gasteiger partial charge in [-0.2, -0.15) is 0 Å². The van der Waals surface area contributed by atoms with E-state index in [-0.39, 0.29) is 12.6 Å². The lowest BCUT2D eigenvalue weighted by Crippen LogP contribution is -2.36. The summed E-state index contributed by atoms with van der Waals surface area (Å²) in [6, 6.07) is 4.85. The summed E-state index contributed by atoms with van der Waals surface area (Å²) in [7, 11) is 0. The van der Waals surface area contributed by atoms with Gasteiger partial charge >= 0.3 is 0 Å². The van der Waals surface area contributed by atoms with Crippen LogP contribution in [-0.4, -0.2) is 17.8 Å². The van der Waals surface area contributed by atoms with Crippen molar-refractivity contribution in [2.75, 3.05) is 6.61 Å². The minimum Gasteiger partial charge on any atom is -0.395 e. The molecule has 0 radical (unpaired) electrons. The van der Waals surface area contributed by atoms with Crippen molar-refractivity contribution in [2.24, 2.45) is 5.92 Å². The average Bonchev–Trinajstić information content (AvgIpc) is 2.76. The van der Waals surface area contributed by atoms with Crippen LogP contribution in [0, 0.1) is 5.92 Å². The first-order valence-electron chi connectivity index (χ1n) is 6.07. The number of hydrogen-bond donors (Lipinski definition) is 2.